The fraction of sp³-hybridized carbons (Fsp3) is 0.318. The predicted molar refractivity (Wildman–Crippen MR) is 106 cm³/mol. The molecule has 27 heavy (non-hydrogen) atoms. The second-order valence-electron chi connectivity index (χ2n) is 6.89. The molecular formula is C22H23NO4. The van der Waals surface area contributed by atoms with Crippen LogP contribution in [0.5, 0.6) is 5.75 Å². The lowest BCUT2D eigenvalue weighted by atomic mass is 9.90. The van der Waals surface area contributed by atoms with E-state index < -0.39 is 6.10 Å². The first-order valence-corrected chi connectivity index (χ1v) is 9.40. The molecule has 0 fully saturated rings. The van der Waals surface area contributed by atoms with Crippen molar-refractivity contribution >= 4 is 16.7 Å². The zero-order valence-corrected chi connectivity index (χ0v) is 15.1. The average Bonchev–Trinajstić information content (AvgIpc) is 2.71. The van der Waals surface area contributed by atoms with Crippen molar-refractivity contribution in [2.75, 3.05) is 18.5 Å². The molecular weight excluding hydrogens is 342 g/mol. The van der Waals surface area contributed by atoms with Gasteiger partial charge in [0.15, 0.2) is 0 Å². The second kappa shape index (κ2) is 7.84. The maximum absolute atomic E-state index is 12.2. The molecule has 2 N–H and O–H groups in total. The molecule has 0 radical (unpaired) electrons. The van der Waals surface area contributed by atoms with Crippen LogP contribution in [-0.2, 0) is 12.8 Å². The fourth-order valence-electron chi connectivity index (χ4n) is 3.62. The van der Waals surface area contributed by atoms with Gasteiger partial charge in [-0.25, -0.2) is 4.79 Å². The maximum Gasteiger partial charge on any atom is 0.339 e. The summed E-state index contributed by atoms with van der Waals surface area (Å²) in [6, 6.07) is 15.2. The van der Waals surface area contributed by atoms with Crippen molar-refractivity contribution in [1.82, 2.24) is 0 Å². The molecule has 0 bridgehead atoms. The first kappa shape index (κ1) is 17.6. The normalized spacial score (nSPS) is 14.6. The van der Waals surface area contributed by atoms with Crippen LogP contribution in [0.15, 0.2) is 57.7 Å². The zero-order valence-electron chi connectivity index (χ0n) is 15.1. The molecule has 0 saturated heterocycles. The number of aliphatic hydroxyl groups is 1. The van der Waals surface area contributed by atoms with E-state index in [4.69, 9.17) is 9.15 Å². The summed E-state index contributed by atoms with van der Waals surface area (Å²) in [6.45, 7) is 0.550. The number of aryl methyl sites for hydroxylation is 1. The van der Waals surface area contributed by atoms with Crippen molar-refractivity contribution in [2.45, 2.75) is 31.8 Å². The summed E-state index contributed by atoms with van der Waals surface area (Å²) in [4.78, 5) is 12.2. The van der Waals surface area contributed by atoms with Crippen LogP contribution in [0.4, 0.5) is 5.69 Å². The smallest absolute Gasteiger partial charge is 0.339 e. The van der Waals surface area contributed by atoms with E-state index in [2.05, 4.69) is 5.32 Å². The van der Waals surface area contributed by atoms with Crippen LogP contribution in [0.2, 0.25) is 0 Å². The molecule has 1 aliphatic rings. The highest BCUT2D eigenvalue weighted by Crippen LogP contribution is 2.33. The van der Waals surface area contributed by atoms with Crippen molar-refractivity contribution in [3.63, 3.8) is 0 Å². The highest BCUT2D eigenvalue weighted by Gasteiger charge is 2.20. The summed E-state index contributed by atoms with van der Waals surface area (Å²) in [6.07, 6.45) is 3.02. The molecule has 2 aromatic carbocycles. The SMILES string of the molecule is O=c1oc2cccc(OCC(O)CNc3ccccc3)c2c2c1CCCC2. The standard InChI is InChI=1S/C22H23NO4/c24-16(13-23-15-7-2-1-3-8-15)14-26-19-11-6-12-20-21(19)17-9-4-5-10-18(17)22(25)27-20/h1-3,6-8,11-12,16,23-24H,4-5,9-10,13-14H2. The fourth-order valence-corrected chi connectivity index (χ4v) is 3.62. The van der Waals surface area contributed by atoms with Crippen molar-refractivity contribution in [1.29, 1.82) is 0 Å². The molecule has 0 aliphatic heterocycles. The van der Waals surface area contributed by atoms with E-state index in [0.29, 0.717) is 17.9 Å². The molecule has 5 nitrogen and oxygen atoms in total. The Hall–Kier alpha value is -2.79. The summed E-state index contributed by atoms with van der Waals surface area (Å²) >= 11 is 0. The van der Waals surface area contributed by atoms with Crippen LogP contribution in [0.25, 0.3) is 11.0 Å². The third-order valence-corrected chi connectivity index (χ3v) is 4.95. The van der Waals surface area contributed by atoms with Gasteiger partial charge in [0.2, 0.25) is 0 Å². The van der Waals surface area contributed by atoms with Gasteiger partial charge in [0.25, 0.3) is 0 Å². The maximum atomic E-state index is 12.2. The largest absolute Gasteiger partial charge is 0.490 e. The zero-order chi connectivity index (χ0) is 18.6. The summed E-state index contributed by atoms with van der Waals surface area (Å²) < 4.78 is 11.4. The van der Waals surface area contributed by atoms with E-state index >= 15 is 0 Å². The summed E-state index contributed by atoms with van der Waals surface area (Å²) in [7, 11) is 0. The highest BCUT2D eigenvalue weighted by atomic mass is 16.5. The summed E-state index contributed by atoms with van der Waals surface area (Å²) in [5.74, 6) is 0.660. The number of hydrogen-bond acceptors (Lipinski definition) is 5. The number of hydrogen-bond donors (Lipinski definition) is 2. The number of anilines is 1. The molecule has 140 valence electrons. The number of para-hydroxylation sites is 1. The van der Waals surface area contributed by atoms with Crippen LogP contribution in [-0.4, -0.2) is 24.4 Å². The number of fused-ring (bicyclic) bond motifs is 3. The lowest BCUT2D eigenvalue weighted by molar-refractivity contribution is 0.118. The monoisotopic (exact) mass is 365 g/mol. The number of rotatable bonds is 6. The van der Waals surface area contributed by atoms with E-state index in [1.807, 2.05) is 42.5 Å². The first-order valence-electron chi connectivity index (χ1n) is 9.40. The van der Waals surface area contributed by atoms with E-state index in [0.717, 1.165) is 47.9 Å². The van der Waals surface area contributed by atoms with Crippen molar-refractivity contribution < 1.29 is 14.3 Å². The number of nitrogens with one attached hydrogen (secondary N) is 1. The summed E-state index contributed by atoms with van der Waals surface area (Å²) in [5, 5.41) is 14.3. The quantitative estimate of drug-likeness (QED) is 0.654. The van der Waals surface area contributed by atoms with Crippen LogP contribution in [0.1, 0.15) is 24.0 Å². The third kappa shape index (κ3) is 3.83. The molecule has 1 aromatic heterocycles. The Kier molecular flexibility index (Phi) is 5.12. The second-order valence-corrected chi connectivity index (χ2v) is 6.89. The van der Waals surface area contributed by atoms with Crippen molar-refractivity contribution in [3.05, 3.63) is 70.1 Å². The van der Waals surface area contributed by atoms with E-state index in [9.17, 15) is 9.90 Å². The minimum Gasteiger partial charge on any atom is -0.490 e. The summed E-state index contributed by atoms with van der Waals surface area (Å²) in [5.41, 5.74) is 3.09. The van der Waals surface area contributed by atoms with Crippen molar-refractivity contribution in [2.24, 2.45) is 0 Å². The molecule has 4 rings (SSSR count). The van der Waals surface area contributed by atoms with Gasteiger partial charge in [0.05, 0.1) is 5.39 Å². The Morgan fingerprint density at radius 2 is 1.81 bits per heavy atom. The molecule has 1 heterocycles. The molecule has 0 spiro atoms. The Labute approximate surface area is 157 Å². The van der Waals surface area contributed by atoms with Gasteiger partial charge >= 0.3 is 5.63 Å². The lowest BCUT2D eigenvalue weighted by Gasteiger charge is -2.19. The topological polar surface area (TPSA) is 71.7 Å². The molecule has 3 aromatic rings. The van der Waals surface area contributed by atoms with Gasteiger partial charge in [-0.3, -0.25) is 0 Å². The van der Waals surface area contributed by atoms with Gasteiger partial charge < -0.3 is 19.6 Å². The molecule has 1 unspecified atom stereocenters. The van der Waals surface area contributed by atoms with Gasteiger partial charge in [-0.1, -0.05) is 24.3 Å². The lowest BCUT2D eigenvalue weighted by Crippen LogP contribution is -2.26. The number of aliphatic hydroxyl groups excluding tert-OH is 1. The molecule has 1 aliphatic carbocycles. The Bertz CT molecular complexity index is 981. The van der Waals surface area contributed by atoms with Gasteiger partial charge in [0.1, 0.15) is 24.0 Å². The highest BCUT2D eigenvalue weighted by molar-refractivity contribution is 5.87. The average molecular weight is 365 g/mol. The Morgan fingerprint density at radius 3 is 2.63 bits per heavy atom. The van der Waals surface area contributed by atoms with E-state index in [-0.39, 0.29) is 12.2 Å². The van der Waals surface area contributed by atoms with Crippen LogP contribution >= 0.6 is 0 Å². The van der Waals surface area contributed by atoms with Crippen LogP contribution in [0.3, 0.4) is 0 Å². The predicted octanol–water partition coefficient (Wildman–Crippen LogP) is 3.52. The Morgan fingerprint density at radius 1 is 1.04 bits per heavy atom. The molecule has 0 saturated carbocycles. The van der Waals surface area contributed by atoms with E-state index in [1.54, 1.807) is 6.07 Å². The van der Waals surface area contributed by atoms with Crippen molar-refractivity contribution in [3.8, 4) is 5.75 Å². The van der Waals surface area contributed by atoms with Crippen LogP contribution in [0, 0.1) is 0 Å². The van der Waals surface area contributed by atoms with Gasteiger partial charge in [-0.15, -0.1) is 0 Å². The van der Waals surface area contributed by atoms with Gasteiger partial charge in [-0.05, 0) is 55.5 Å². The van der Waals surface area contributed by atoms with Gasteiger partial charge in [-0.2, -0.15) is 0 Å². The minimum atomic E-state index is -0.660. The van der Waals surface area contributed by atoms with E-state index in [1.165, 1.54) is 0 Å². The Balaban J connectivity index is 1.51. The number of benzene rings is 2. The van der Waals surface area contributed by atoms with Crippen LogP contribution < -0.4 is 15.7 Å². The molecule has 0 amide bonds. The minimum absolute atomic E-state index is 0.160. The number of ether oxygens (including phenoxy) is 1. The first-order chi connectivity index (χ1) is 13.2. The van der Waals surface area contributed by atoms with Gasteiger partial charge in [0, 0.05) is 17.8 Å². The molecule has 5 heteroatoms. The third-order valence-electron chi connectivity index (χ3n) is 4.95. The molecule has 1 atom stereocenters.